The zero-order valence-electron chi connectivity index (χ0n) is 11.5. The summed E-state index contributed by atoms with van der Waals surface area (Å²) in [6.07, 6.45) is 4.23. The molecule has 17 heavy (non-hydrogen) atoms. The molecule has 2 atom stereocenters. The molecular weight excluding hydrogens is 214 g/mol. The van der Waals surface area contributed by atoms with E-state index in [0.717, 1.165) is 12.6 Å². The largest absolute Gasteiger partial charge is 0.380 e. The van der Waals surface area contributed by atoms with E-state index in [9.17, 15) is 0 Å². The van der Waals surface area contributed by atoms with E-state index in [0.29, 0.717) is 12.1 Å². The molecular formula is C13H27N3O. The zero-order chi connectivity index (χ0) is 12.3. The van der Waals surface area contributed by atoms with Crippen molar-refractivity contribution in [3.63, 3.8) is 0 Å². The molecule has 4 nitrogen and oxygen atoms in total. The number of likely N-dealkylation sites (tertiary alicyclic amines) is 1. The van der Waals surface area contributed by atoms with Crippen LogP contribution in [0, 0.1) is 0 Å². The fraction of sp³-hybridized carbons (Fsp3) is 1.00. The Morgan fingerprint density at radius 2 is 2.00 bits per heavy atom. The number of rotatable bonds is 4. The van der Waals surface area contributed by atoms with E-state index in [1.54, 1.807) is 0 Å². The average molecular weight is 241 g/mol. The van der Waals surface area contributed by atoms with E-state index in [4.69, 9.17) is 4.74 Å². The maximum Gasteiger partial charge on any atom is 0.0711 e. The van der Waals surface area contributed by atoms with Crippen LogP contribution in [0.4, 0.5) is 0 Å². The number of piperidine rings is 1. The third kappa shape index (κ3) is 3.65. The fourth-order valence-electron chi connectivity index (χ4n) is 3.03. The Balaban J connectivity index is 1.68. The van der Waals surface area contributed by atoms with Gasteiger partial charge in [-0.15, -0.1) is 0 Å². The number of ether oxygens (including phenoxy) is 1. The van der Waals surface area contributed by atoms with Gasteiger partial charge in [0.25, 0.3) is 0 Å². The Morgan fingerprint density at radius 3 is 2.53 bits per heavy atom. The van der Waals surface area contributed by atoms with Crippen LogP contribution < -0.4 is 5.32 Å². The van der Waals surface area contributed by atoms with Crippen molar-refractivity contribution < 1.29 is 4.74 Å². The molecule has 2 saturated heterocycles. The first-order chi connectivity index (χ1) is 8.19. The summed E-state index contributed by atoms with van der Waals surface area (Å²) >= 11 is 0. The van der Waals surface area contributed by atoms with Gasteiger partial charge in [-0.25, -0.2) is 0 Å². The van der Waals surface area contributed by atoms with Crippen molar-refractivity contribution in [2.45, 2.75) is 37.5 Å². The summed E-state index contributed by atoms with van der Waals surface area (Å²) in [4.78, 5) is 4.97. The minimum Gasteiger partial charge on any atom is -0.380 e. The highest BCUT2D eigenvalue weighted by Crippen LogP contribution is 2.17. The van der Waals surface area contributed by atoms with Crippen molar-refractivity contribution in [1.29, 1.82) is 0 Å². The lowest BCUT2D eigenvalue weighted by Gasteiger charge is -2.36. The quantitative estimate of drug-likeness (QED) is 0.770. The summed E-state index contributed by atoms with van der Waals surface area (Å²) < 4.78 is 5.39. The van der Waals surface area contributed by atoms with Crippen LogP contribution >= 0.6 is 0 Å². The first-order valence-corrected chi connectivity index (χ1v) is 6.84. The molecule has 2 unspecified atom stereocenters. The van der Waals surface area contributed by atoms with Gasteiger partial charge in [0.05, 0.1) is 6.10 Å². The molecule has 2 aliphatic heterocycles. The van der Waals surface area contributed by atoms with Crippen LogP contribution in [0.2, 0.25) is 0 Å². The molecule has 2 rings (SSSR count). The van der Waals surface area contributed by atoms with Gasteiger partial charge in [0, 0.05) is 32.3 Å². The average Bonchev–Trinajstić information content (AvgIpc) is 2.77. The maximum atomic E-state index is 5.39. The van der Waals surface area contributed by atoms with Crippen LogP contribution in [-0.2, 0) is 4.74 Å². The van der Waals surface area contributed by atoms with Crippen LogP contribution in [0.25, 0.3) is 0 Å². The highest BCUT2D eigenvalue weighted by Gasteiger charge is 2.27. The second-order valence-corrected chi connectivity index (χ2v) is 5.69. The van der Waals surface area contributed by atoms with Gasteiger partial charge < -0.3 is 19.9 Å². The Hall–Kier alpha value is -0.160. The van der Waals surface area contributed by atoms with Crippen molar-refractivity contribution in [1.82, 2.24) is 15.1 Å². The first kappa shape index (κ1) is 13.3. The van der Waals surface area contributed by atoms with E-state index in [-0.39, 0.29) is 0 Å². The monoisotopic (exact) mass is 241 g/mol. The summed E-state index contributed by atoms with van der Waals surface area (Å²) in [5.41, 5.74) is 0. The smallest absolute Gasteiger partial charge is 0.0711 e. The van der Waals surface area contributed by atoms with Crippen LogP contribution in [-0.4, -0.2) is 75.4 Å². The SMILES string of the molecule is COC1CNC(CN2CCC(N(C)C)CC2)C1. The van der Waals surface area contributed by atoms with E-state index < -0.39 is 0 Å². The van der Waals surface area contributed by atoms with Gasteiger partial charge >= 0.3 is 0 Å². The van der Waals surface area contributed by atoms with Crippen molar-refractivity contribution >= 4 is 0 Å². The Kier molecular flexibility index (Phi) is 4.79. The Bertz CT molecular complexity index is 227. The van der Waals surface area contributed by atoms with Gasteiger partial charge in [-0.2, -0.15) is 0 Å². The molecule has 0 spiro atoms. The molecule has 0 aromatic rings. The lowest BCUT2D eigenvalue weighted by molar-refractivity contribution is 0.111. The molecule has 0 bridgehead atoms. The summed E-state index contributed by atoms with van der Waals surface area (Å²) in [5, 5.41) is 3.56. The van der Waals surface area contributed by atoms with E-state index in [1.807, 2.05) is 7.11 Å². The second kappa shape index (κ2) is 6.14. The Labute approximate surface area is 105 Å². The number of hydrogen-bond acceptors (Lipinski definition) is 4. The van der Waals surface area contributed by atoms with E-state index in [2.05, 4.69) is 29.2 Å². The highest BCUT2D eigenvalue weighted by molar-refractivity contribution is 4.86. The molecule has 100 valence electrons. The van der Waals surface area contributed by atoms with Gasteiger partial charge in [0.15, 0.2) is 0 Å². The minimum absolute atomic E-state index is 0.430. The molecule has 4 heteroatoms. The third-order valence-electron chi connectivity index (χ3n) is 4.28. The molecule has 0 aliphatic carbocycles. The summed E-state index contributed by atoms with van der Waals surface area (Å²) in [7, 11) is 6.21. The predicted octanol–water partition coefficient (Wildman–Crippen LogP) is 0.389. The maximum absolute atomic E-state index is 5.39. The first-order valence-electron chi connectivity index (χ1n) is 6.84. The van der Waals surface area contributed by atoms with Gasteiger partial charge in [0.1, 0.15) is 0 Å². The molecule has 2 heterocycles. The molecule has 2 aliphatic rings. The zero-order valence-corrected chi connectivity index (χ0v) is 11.5. The lowest BCUT2D eigenvalue weighted by atomic mass is 10.0. The second-order valence-electron chi connectivity index (χ2n) is 5.69. The summed E-state index contributed by atoms with van der Waals surface area (Å²) in [6, 6.07) is 1.42. The molecule has 0 amide bonds. The minimum atomic E-state index is 0.430. The molecule has 0 saturated carbocycles. The van der Waals surface area contributed by atoms with Crippen molar-refractivity contribution in [3.05, 3.63) is 0 Å². The van der Waals surface area contributed by atoms with Gasteiger partial charge in [-0.05, 0) is 46.4 Å². The van der Waals surface area contributed by atoms with Gasteiger partial charge in [-0.1, -0.05) is 0 Å². The van der Waals surface area contributed by atoms with Crippen LogP contribution in [0.1, 0.15) is 19.3 Å². The Morgan fingerprint density at radius 1 is 1.29 bits per heavy atom. The predicted molar refractivity (Wildman–Crippen MR) is 70.4 cm³/mol. The molecule has 1 N–H and O–H groups in total. The highest BCUT2D eigenvalue weighted by atomic mass is 16.5. The molecule has 0 aromatic heterocycles. The number of hydrogen-bond donors (Lipinski definition) is 1. The van der Waals surface area contributed by atoms with Crippen LogP contribution in [0.15, 0.2) is 0 Å². The lowest BCUT2D eigenvalue weighted by Crippen LogP contribution is -2.46. The number of methoxy groups -OCH3 is 1. The molecule has 2 fully saturated rings. The van der Waals surface area contributed by atoms with Crippen molar-refractivity contribution in [2.24, 2.45) is 0 Å². The summed E-state index contributed by atoms with van der Waals surface area (Å²) in [6.45, 7) is 4.71. The van der Waals surface area contributed by atoms with E-state index >= 15 is 0 Å². The van der Waals surface area contributed by atoms with Crippen LogP contribution in [0.3, 0.4) is 0 Å². The molecule has 0 radical (unpaired) electrons. The van der Waals surface area contributed by atoms with Gasteiger partial charge in [0.2, 0.25) is 0 Å². The van der Waals surface area contributed by atoms with Crippen molar-refractivity contribution in [2.75, 3.05) is 47.4 Å². The van der Waals surface area contributed by atoms with E-state index in [1.165, 1.54) is 38.9 Å². The molecule has 0 aromatic carbocycles. The third-order valence-corrected chi connectivity index (χ3v) is 4.28. The topological polar surface area (TPSA) is 27.7 Å². The fourth-order valence-corrected chi connectivity index (χ4v) is 3.03. The summed E-state index contributed by atoms with van der Waals surface area (Å²) in [5.74, 6) is 0. The van der Waals surface area contributed by atoms with Gasteiger partial charge in [-0.3, -0.25) is 0 Å². The van der Waals surface area contributed by atoms with Crippen molar-refractivity contribution in [3.8, 4) is 0 Å². The number of nitrogens with one attached hydrogen (secondary N) is 1. The number of nitrogens with zero attached hydrogens (tertiary/aromatic N) is 2. The normalized spacial score (nSPS) is 32.5. The standard InChI is InChI=1S/C13H27N3O/c1-15(2)12-4-6-16(7-5-12)10-11-8-13(17-3)9-14-11/h11-14H,4-10H2,1-3H3. The van der Waals surface area contributed by atoms with Crippen LogP contribution in [0.5, 0.6) is 0 Å².